The van der Waals surface area contributed by atoms with E-state index in [-0.39, 0.29) is 6.10 Å². The van der Waals surface area contributed by atoms with Crippen LogP contribution < -0.4 is 0 Å². The van der Waals surface area contributed by atoms with Gasteiger partial charge in [0.2, 0.25) is 0 Å². The number of imidazole rings is 1. The molecule has 0 unspecified atom stereocenters. The summed E-state index contributed by atoms with van der Waals surface area (Å²) >= 11 is 0. The highest BCUT2D eigenvalue weighted by atomic mass is 16.3. The number of aliphatic hydroxyl groups is 1. The quantitative estimate of drug-likeness (QED) is 0.800. The van der Waals surface area contributed by atoms with Crippen molar-refractivity contribution < 1.29 is 5.11 Å². The van der Waals surface area contributed by atoms with Crippen molar-refractivity contribution in [2.75, 3.05) is 0 Å². The second-order valence-corrected chi connectivity index (χ2v) is 5.28. The van der Waals surface area contributed by atoms with E-state index >= 15 is 0 Å². The van der Waals surface area contributed by atoms with E-state index in [2.05, 4.69) is 45.7 Å². The van der Waals surface area contributed by atoms with Crippen molar-refractivity contribution in [1.82, 2.24) is 14.5 Å². The predicted molar refractivity (Wildman–Crippen MR) is 83.6 cm³/mol. The number of nitrogens with zero attached hydrogens (tertiary/aromatic N) is 3. The van der Waals surface area contributed by atoms with Crippen molar-refractivity contribution in [3.63, 3.8) is 0 Å². The number of rotatable bonds is 4. The lowest BCUT2D eigenvalue weighted by atomic mass is 10.1. The van der Waals surface area contributed by atoms with E-state index in [9.17, 15) is 5.11 Å². The molecule has 3 rings (SSSR count). The zero-order chi connectivity index (χ0) is 14.8. The molecule has 4 heteroatoms. The Balaban J connectivity index is 2.07. The first-order chi connectivity index (χ1) is 10.2. The van der Waals surface area contributed by atoms with Crippen LogP contribution in [0.4, 0.5) is 0 Å². The Hall–Kier alpha value is -2.20. The van der Waals surface area contributed by atoms with Gasteiger partial charge in [-0.2, -0.15) is 0 Å². The number of fused-ring (bicyclic) bond motifs is 1. The summed E-state index contributed by atoms with van der Waals surface area (Å²) in [5.74, 6) is 1.01. The summed E-state index contributed by atoms with van der Waals surface area (Å²) in [6.45, 7) is 3.90. The van der Waals surface area contributed by atoms with Crippen LogP contribution in [0.1, 0.15) is 25.2 Å². The fourth-order valence-corrected chi connectivity index (χ4v) is 2.59. The zero-order valence-corrected chi connectivity index (χ0v) is 12.3. The molecular formula is C17H19N3O. The lowest BCUT2D eigenvalue weighted by Crippen LogP contribution is -2.05. The standard InChI is InChI=1S/C17H19N3O/c1-3-16-19-15-5-4-10-18-17(15)20(16)14-8-6-13(7-9-14)11-12(2)21/h4-10,12,21H,3,11H2,1-2H3/t12-/m0/s1. The number of aromatic nitrogens is 3. The van der Waals surface area contributed by atoms with Gasteiger partial charge in [0.25, 0.3) is 0 Å². The predicted octanol–water partition coefficient (Wildman–Crippen LogP) is 2.91. The van der Waals surface area contributed by atoms with Crippen LogP contribution in [-0.4, -0.2) is 25.7 Å². The average Bonchev–Trinajstić information content (AvgIpc) is 2.86. The summed E-state index contributed by atoms with van der Waals surface area (Å²) in [6.07, 6.45) is 3.00. The Bertz CT molecular complexity index is 744. The lowest BCUT2D eigenvalue weighted by molar-refractivity contribution is 0.195. The van der Waals surface area contributed by atoms with Gasteiger partial charge in [-0.1, -0.05) is 19.1 Å². The van der Waals surface area contributed by atoms with Crippen molar-refractivity contribution in [3.05, 3.63) is 54.0 Å². The topological polar surface area (TPSA) is 50.9 Å². The molecule has 2 heterocycles. The first kappa shape index (κ1) is 13.8. The van der Waals surface area contributed by atoms with Crippen LogP contribution in [-0.2, 0) is 12.8 Å². The average molecular weight is 281 g/mol. The van der Waals surface area contributed by atoms with Gasteiger partial charge in [-0.25, -0.2) is 9.97 Å². The molecule has 1 N–H and O–H groups in total. The van der Waals surface area contributed by atoms with Crippen molar-refractivity contribution in [2.45, 2.75) is 32.8 Å². The van der Waals surface area contributed by atoms with Crippen LogP contribution in [0.2, 0.25) is 0 Å². The van der Waals surface area contributed by atoms with Crippen LogP contribution >= 0.6 is 0 Å². The Morgan fingerprint density at radius 2 is 1.95 bits per heavy atom. The molecule has 1 aromatic carbocycles. The fourth-order valence-electron chi connectivity index (χ4n) is 2.59. The molecule has 0 saturated carbocycles. The van der Waals surface area contributed by atoms with Crippen LogP contribution in [0.25, 0.3) is 16.9 Å². The maximum Gasteiger partial charge on any atom is 0.164 e. The van der Waals surface area contributed by atoms with Crippen molar-refractivity contribution in [1.29, 1.82) is 0 Å². The Labute approximate surface area is 124 Å². The van der Waals surface area contributed by atoms with E-state index in [1.165, 1.54) is 0 Å². The molecule has 0 aliphatic rings. The third kappa shape index (κ3) is 2.67. The fraction of sp³-hybridized carbons (Fsp3) is 0.294. The third-order valence-corrected chi connectivity index (χ3v) is 3.53. The van der Waals surface area contributed by atoms with Gasteiger partial charge in [0.05, 0.1) is 6.10 Å². The molecule has 0 aliphatic carbocycles. The maximum absolute atomic E-state index is 9.46. The SMILES string of the molecule is CCc1nc2cccnc2n1-c1ccc(C[C@H](C)O)cc1. The molecule has 0 saturated heterocycles. The van der Waals surface area contributed by atoms with Gasteiger partial charge in [0.15, 0.2) is 5.65 Å². The van der Waals surface area contributed by atoms with Crippen molar-refractivity contribution >= 4 is 11.2 Å². The first-order valence-corrected chi connectivity index (χ1v) is 7.28. The van der Waals surface area contributed by atoms with Gasteiger partial charge in [-0.15, -0.1) is 0 Å². The highest BCUT2D eigenvalue weighted by molar-refractivity contribution is 5.73. The third-order valence-electron chi connectivity index (χ3n) is 3.53. The largest absolute Gasteiger partial charge is 0.393 e. The molecule has 0 spiro atoms. The summed E-state index contributed by atoms with van der Waals surface area (Å²) in [7, 11) is 0. The summed E-state index contributed by atoms with van der Waals surface area (Å²) in [6, 6.07) is 12.1. The summed E-state index contributed by atoms with van der Waals surface area (Å²) in [5.41, 5.74) is 3.99. The molecule has 2 aromatic heterocycles. The number of hydrogen-bond acceptors (Lipinski definition) is 3. The van der Waals surface area contributed by atoms with Crippen molar-refractivity contribution in [2.24, 2.45) is 0 Å². The molecule has 0 bridgehead atoms. The molecule has 0 radical (unpaired) electrons. The highest BCUT2D eigenvalue weighted by Gasteiger charge is 2.11. The van der Waals surface area contributed by atoms with E-state index in [0.29, 0.717) is 6.42 Å². The molecule has 0 aliphatic heterocycles. The number of aliphatic hydroxyl groups excluding tert-OH is 1. The lowest BCUT2D eigenvalue weighted by Gasteiger charge is -2.09. The second-order valence-electron chi connectivity index (χ2n) is 5.28. The second kappa shape index (κ2) is 5.66. The molecule has 21 heavy (non-hydrogen) atoms. The van der Waals surface area contributed by atoms with Crippen LogP contribution in [0.15, 0.2) is 42.6 Å². The van der Waals surface area contributed by atoms with Gasteiger partial charge in [-0.05, 0) is 43.2 Å². The van der Waals surface area contributed by atoms with Crippen LogP contribution in [0.3, 0.4) is 0 Å². The highest BCUT2D eigenvalue weighted by Crippen LogP contribution is 2.20. The summed E-state index contributed by atoms with van der Waals surface area (Å²) in [4.78, 5) is 9.10. The minimum Gasteiger partial charge on any atom is -0.393 e. The Morgan fingerprint density at radius 1 is 1.19 bits per heavy atom. The number of benzene rings is 1. The molecule has 0 fully saturated rings. The van der Waals surface area contributed by atoms with Crippen LogP contribution in [0.5, 0.6) is 0 Å². The van der Waals surface area contributed by atoms with Crippen molar-refractivity contribution in [3.8, 4) is 5.69 Å². The summed E-state index contributed by atoms with van der Waals surface area (Å²) < 4.78 is 2.10. The number of aryl methyl sites for hydroxylation is 1. The zero-order valence-electron chi connectivity index (χ0n) is 12.3. The summed E-state index contributed by atoms with van der Waals surface area (Å²) in [5, 5.41) is 9.46. The van der Waals surface area contributed by atoms with Gasteiger partial charge in [-0.3, -0.25) is 4.57 Å². The van der Waals surface area contributed by atoms with Gasteiger partial charge >= 0.3 is 0 Å². The van der Waals surface area contributed by atoms with Gasteiger partial charge < -0.3 is 5.11 Å². The molecule has 0 amide bonds. The Kier molecular flexibility index (Phi) is 3.71. The Morgan fingerprint density at radius 3 is 2.62 bits per heavy atom. The minimum atomic E-state index is -0.321. The van der Waals surface area contributed by atoms with Gasteiger partial charge in [0, 0.05) is 18.3 Å². The van der Waals surface area contributed by atoms with E-state index in [4.69, 9.17) is 0 Å². The monoisotopic (exact) mass is 281 g/mol. The molecule has 3 aromatic rings. The molecule has 1 atom stereocenters. The molecule has 4 nitrogen and oxygen atoms in total. The van der Waals surface area contributed by atoms with E-state index in [0.717, 1.165) is 34.7 Å². The van der Waals surface area contributed by atoms with E-state index in [1.54, 1.807) is 13.1 Å². The first-order valence-electron chi connectivity index (χ1n) is 7.28. The van der Waals surface area contributed by atoms with E-state index < -0.39 is 0 Å². The van der Waals surface area contributed by atoms with E-state index in [1.807, 2.05) is 12.1 Å². The number of hydrogen-bond donors (Lipinski definition) is 1. The maximum atomic E-state index is 9.46. The minimum absolute atomic E-state index is 0.321. The van der Waals surface area contributed by atoms with Gasteiger partial charge in [0.1, 0.15) is 11.3 Å². The molecule has 108 valence electrons. The van der Waals surface area contributed by atoms with Crippen LogP contribution in [0, 0.1) is 0 Å². The normalized spacial score (nSPS) is 12.7. The molecular weight excluding hydrogens is 262 g/mol. The number of pyridine rings is 1. The smallest absolute Gasteiger partial charge is 0.164 e.